The first kappa shape index (κ1) is 13.7. The van der Waals surface area contributed by atoms with Gasteiger partial charge in [0.15, 0.2) is 0 Å². The summed E-state index contributed by atoms with van der Waals surface area (Å²) in [5, 5.41) is 2.80. The van der Waals surface area contributed by atoms with Crippen molar-refractivity contribution in [2.24, 2.45) is 5.73 Å². The first-order valence-electron chi connectivity index (χ1n) is 5.84. The molecule has 0 aliphatic carbocycles. The second kappa shape index (κ2) is 7.04. The molecule has 1 atom stereocenters. The summed E-state index contributed by atoms with van der Waals surface area (Å²) >= 11 is 0. The smallest absolute Gasteiger partial charge is 0.225 e. The molecular formula is C13H20N2O2. The van der Waals surface area contributed by atoms with Crippen LogP contribution in [-0.4, -0.2) is 18.6 Å². The summed E-state index contributed by atoms with van der Waals surface area (Å²) in [4.78, 5) is 11.5. The van der Waals surface area contributed by atoms with Crippen LogP contribution in [0.15, 0.2) is 24.3 Å². The molecule has 0 radical (unpaired) electrons. The van der Waals surface area contributed by atoms with Gasteiger partial charge in [-0.05, 0) is 31.5 Å². The highest BCUT2D eigenvalue weighted by Crippen LogP contribution is 2.10. The van der Waals surface area contributed by atoms with Gasteiger partial charge in [-0.25, -0.2) is 0 Å². The van der Waals surface area contributed by atoms with Gasteiger partial charge in [-0.3, -0.25) is 4.79 Å². The molecule has 1 aromatic carbocycles. The molecule has 0 fully saturated rings. The molecule has 0 aliphatic heterocycles. The van der Waals surface area contributed by atoms with Crippen molar-refractivity contribution in [3.63, 3.8) is 0 Å². The van der Waals surface area contributed by atoms with Crippen molar-refractivity contribution >= 4 is 11.6 Å². The van der Waals surface area contributed by atoms with E-state index in [0.717, 1.165) is 11.3 Å². The van der Waals surface area contributed by atoms with Gasteiger partial charge < -0.3 is 15.8 Å². The monoisotopic (exact) mass is 236 g/mol. The normalized spacial score (nSPS) is 12.2. The van der Waals surface area contributed by atoms with Gasteiger partial charge in [0.05, 0.1) is 6.61 Å². The SMILES string of the molecule is CCOCc1ccc(NC(=O)CC(C)N)cc1. The third-order valence-corrected chi connectivity index (χ3v) is 2.22. The van der Waals surface area contributed by atoms with E-state index in [0.29, 0.717) is 19.6 Å². The average molecular weight is 236 g/mol. The van der Waals surface area contributed by atoms with E-state index in [1.54, 1.807) is 0 Å². The van der Waals surface area contributed by atoms with Crippen LogP contribution in [0.2, 0.25) is 0 Å². The van der Waals surface area contributed by atoms with E-state index < -0.39 is 0 Å². The summed E-state index contributed by atoms with van der Waals surface area (Å²) in [5.41, 5.74) is 7.43. The number of nitrogens with two attached hydrogens (primary N) is 1. The van der Waals surface area contributed by atoms with Gasteiger partial charge in [0.2, 0.25) is 5.91 Å². The number of anilines is 1. The van der Waals surface area contributed by atoms with E-state index in [4.69, 9.17) is 10.5 Å². The zero-order valence-electron chi connectivity index (χ0n) is 10.4. The van der Waals surface area contributed by atoms with Crippen LogP contribution in [0.25, 0.3) is 0 Å². The molecule has 0 saturated heterocycles. The minimum atomic E-state index is -0.118. The summed E-state index contributed by atoms with van der Waals surface area (Å²) in [7, 11) is 0. The molecule has 94 valence electrons. The highest BCUT2D eigenvalue weighted by Gasteiger charge is 2.05. The fourth-order valence-corrected chi connectivity index (χ4v) is 1.41. The lowest BCUT2D eigenvalue weighted by molar-refractivity contribution is -0.116. The third-order valence-electron chi connectivity index (χ3n) is 2.22. The Hall–Kier alpha value is -1.39. The Labute approximate surface area is 102 Å². The molecule has 1 aromatic rings. The zero-order chi connectivity index (χ0) is 12.7. The van der Waals surface area contributed by atoms with Crippen LogP contribution in [0, 0.1) is 0 Å². The second-order valence-electron chi connectivity index (χ2n) is 4.06. The van der Waals surface area contributed by atoms with E-state index in [1.807, 2.05) is 38.1 Å². The van der Waals surface area contributed by atoms with Gasteiger partial charge in [-0.2, -0.15) is 0 Å². The van der Waals surface area contributed by atoms with Crippen molar-refractivity contribution in [1.82, 2.24) is 0 Å². The zero-order valence-corrected chi connectivity index (χ0v) is 10.4. The molecular weight excluding hydrogens is 216 g/mol. The maximum absolute atomic E-state index is 11.5. The number of carbonyl (C=O) groups excluding carboxylic acids is 1. The number of rotatable bonds is 6. The Kier molecular flexibility index (Phi) is 5.66. The molecule has 3 N–H and O–H groups in total. The van der Waals surface area contributed by atoms with Crippen LogP contribution >= 0.6 is 0 Å². The van der Waals surface area contributed by atoms with Gasteiger partial charge in [0.1, 0.15) is 0 Å². The maximum Gasteiger partial charge on any atom is 0.225 e. The Morgan fingerprint density at radius 2 is 2.06 bits per heavy atom. The molecule has 1 rings (SSSR count). The number of hydrogen-bond acceptors (Lipinski definition) is 3. The van der Waals surface area contributed by atoms with Crippen LogP contribution in [0.5, 0.6) is 0 Å². The number of hydrogen-bond donors (Lipinski definition) is 2. The average Bonchev–Trinajstić information content (AvgIpc) is 2.27. The molecule has 0 heterocycles. The molecule has 1 amide bonds. The highest BCUT2D eigenvalue weighted by atomic mass is 16.5. The van der Waals surface area contributed by atoms with Crippen molar-refractivity contribution in [1.29, 1.82) is 0 Å². The van der Waals surface area contributed by atoms with Gasteiger partial charge in [-0.15, -0.1) is 0 Å². The maximum atomic E-state index is 11.5. The molecule has 17 heavy (non-hydrogen) atoms. The van der Waals surface area contributed by atoms with E-state index in [9.17, 15) is 4.79 Å². The number of amides is 1. The lowest BCUT2D eigenvalue weighted by Gasteiger charge is -2.08. The summed E-state index contributed by atoms with van der Waals surface area (Å²) in [6.45, 7) is 5.07. The standard InChI is InChI=1S/C13H20N2O2/c1-3-17-9-11-4-6-12(7-5-11)15-13(16)8-10(2)14/h4-7,10H,3,8-9,14H2,1-2H3,(H,15,16). The van der Waals surface area contributed by atoms with E-state index in [-0.39, 0.29) is 11.9 Å². The van der Waals surface area contributed by atoms with Crippen molar-refractivity contribution < 1.29 is 9.53 Å². The molecule has 0 saturated carbocycles. The molecule has 0 aliphatic rings. The summed E-state index contributed by atoms with van der Waals surface area (Å²) in [5.74, 6) is -0.0578. The first-order chi connectivity index (χ1) is 8.11. The Morgan fingerprint density at radius 3 is 2.59 bits per heavy atom. The van der Waals surface area contributed by atoms with Gasteiger partial charge in [0, 0.05) is 24.8 Å². The quantitative estimate of drug-likeness (QED) is 0.793. The predicted molar refractivity (Wildman–Crippen MR) is 68.7 cm³/mol. The molecule has 0 bridgehead atoms. The Bertz CT molecular complexity index is 347. The van der Waals surface area contributed by atoms with Crippen molar-refractivity contribution in [3.8, 4) is 0 Å². The topological polar surface area (TPSA) is 64.3 Å². The predicted octanol–water partition coefficient (Wildman–Crippen LogP) is 1.90. The number of carbonyl (C=O) groups is 1. The van der Waals surface area contributed by atoms with E-state index in [1.165, 1.54) is 0 Å². The number of ether oxygens (including phenoxy) is 1. The summed E-state index contributed by atoms with van der Waals surface area (Å²) < 4.78 is 5.29. The van der Waals surface area contributed by atoms with Crippen LogP contribution in [0.3, 0.4) is 0 Å². The largest absolute Gasteiger partial charge is 0.377 e. The summed E-state index contributed by atoms with van der Waals surface area (Å²) in [6.07, 6.45) is 0.334. The lowest BCUT2D eigenvalue weighted by atomic mass is 10.2. The molecule has 4 nitrogen and oxygen atoms in total. The first-order valence-corrected chi connectivity index (χ1v) is 5.84. The van der Waals surface area contributed by atoms with E-state index in [2.05, 4.69) is 5.32 Å². The fourth-order valence-electron chi connectivity index (χ4n) is 1.41. The molecule has 0 spiro atoms. The van der Waals surface area contributed by atoms with Gasteiger partial charge in [-0.1, -0.05) is 12.1 Å². The Balaban J connectivity index is 2.47. The lowest BCUT2D eigenvalue weighted by Crippen LogP contribution is -2.23. The molecule has 4 heteroatoms. The van der Waals surface area contributed by atoms with Crippen LogP contribution in [-0.2, 0) is 16.1 Å². The van der Waals surface area contributed by atoms with Crippen LogP contribution in [0.4, 0.5) is 5.69 Å². The van der Waals surface area contributed by atoms with Gasteiger partial charge in [0.25, 0.3) is 0 Å². The third kappa shape index (κ3) is 5.47. The van der Waals surface area contributed by atoms with Gasteiger partial charge >= 0.3 is 0 Å². The Morgan fingerprint density at radius 1 is 1.41 bits per heavy atom. The van der Waals surface area contributed by atoms with Crippen LogP contribution in [0.1, 0.15) is 25.8 Å². The highest BCUT2D eigenvalue weighted by molar-refractivity contribution is 5.91. The number of benzene rings is 1. The van der Waals surface area contributed by atoms with Crippen molar-refractivity contribution in [2.75, 3.05) is 11.9 Å². The van der Waals surface area contributed by atoms with E-state index >= 15 is 0 Å². The minimum absolute atomic E-state index is 0.0578. The second-order valence-corrected chi connectivity index (χ2v) is 4.06. The summed E-state index contributed by atoms with van der Waals surface area (Å²) in [6, 6.07) is 7.50. The molecule has 1 unspecified atom stereocenters. The fraction of sp³-hybridized carbons (Fsp3) is 0.462. The number of nitrogens with one attached hydrogen (secondary N) is 1. The van der Waals surface area contributed by atoms with Crippen molar-refractivity contribution in [2.45, 2.75) is 32.9 Å². The van der Waals surface area contributed by atoms with Crippen LogP contribution < -0.4 is 11.1 Å². The molecule has 0 aromatic heterocycles. The van der Waals surface area contributed by atoms with Crippen molar-refractivity contribution in [3.05, 3.63) is 29.8 Å². The minimum Gasteiger partial charge on any atom is -0.377 e.